The van der Waals surface area contributed by atoms with Crippen molar-refractivity contribution in [3.05, 3.63) is 41.0 Å². The van der Waals surface area contributed by atoms with Gasteiger partial charge in [0.25, 0.3) is 0 Å². The van der Waals surface area contributed by atoms with E-state index in [4.69, 9.17) is 4.74 Å². The van der Waals surface area contributed by atoms with Gasteiger partial charge >= 0.3 is 6.09 Å². The summed E-state index contributed by atoms with van der Waals surface area (Å²) in [7, 11) is 0. The summed E-state index contributed by atoms with van der Waals surface area (Å²) >= 11 is 1.19. The second-order valence-corrected chi connectivity index (χ2v) is 6.69. The van der Waals surface area contributed by atoms with Crippen LogP contribution in [0, 0.1) is 11.8 Å². The lowest BCUT2D eigenvalue weighted by atomic mass is 10.2. The fourth-order valence-electron chi connectivity index (χ4n) is 1.28. The molecule has 0 bridgehead atoms. The smallest absolute Gasteiger partial charge is 0.414 e. The number of hydrogen-bond donors (Lipinski definition) is 1. The molecule has 0 aromatic carbocycles. The standard InChI is InChI=1S/C17H21N3O2S/c1-7-13(9-8-12(2)3)10-11-14-19-20-15(23-14)18-16(21)22-17(4,5)6/h7-9H,2H2,1,3-6H3,(H,18,20,21)/b9-8-,13-7+. The van der Waals surface area contributed by atoms with Crippen LogP contribution in [0.1, 0.15) is 39.6 Å². The van der Waals surface area contributed by atoms with Crippen LogP contribution in [0.15, 0.2) is 36.0 Å². The molecule has 0 spiro atoms. The van der Waals surface area contributed by atoms with Crippen molar-refractivity contribution < 1.29 is 9.53 Å². The van der Waals surface area contributed by atoms with E-state index >= 15 is 0 Å². The molecular formula is C17H21N3O2S. The summed E-state index contributed by atoms with van der Waals surface area (Å²) in [6.45, 7) is 13.0. The molecule has 1 N–H and O–H groups in total. The van der Waals surface area contributed by atoms with Gasteiger partial charge in [0.1, 0.15) is 5.60 Å². The number of carbonyl (C=O) groups is 1. The number of ether oxygens (including phenoxy) is 1. The summed E-state index contributed by atoms with van der Waals surface area (Å²) < 4.78 is 5.15. The summed E-state index contributed by atoms with van der Waals surface area (Å²) in [6.07, 6.45) is 5.11. The monoisotopic (exact) mass is 331 g/mol. The fourth-order valence-corrected chi connectivity index (χ4v) is 1.87. The molecule has 1 aromatic heterocycles. The van der Waals surface area contributed by atoms with Crippen molar-refractivity contribution >= 4 is 22.6 Å². The molecule has 1 heterocycles. The van der Waals surface area contributed by atoms with Crippen molar-refractivity contribution in [2.24, 2.45) is 0 Å². The number of aromatic nitrogens is 2. The minimum Gasteiger partial charge on any atom is -0.444 e. The van der Waals surface area contributed by atoms with Crippen molar-refractivity contribution in [1.82, 2.24) is 10.2 Å². The van der Waals surface area contributed by atoms with Crippen LogP contribution in [0.2, 0.25) is 0 Å². The Morgan fingerprint density at radius 2 is 2.04 bits per heavy atom. The van der Waals surface area contributed by atoms with Crippen LogP contribution in [0.25, 0.3) is 0 Å². The highest BCUT2D eigenvalue weighted by atomic mass is 32.1. The van der Waals surface area contributed by atoms with Crippen molar-refractivity contribution in [3.63, 3.8) is 0 Å². The van der Waals surface area contributed by atoms with Crippen LogP contribution < -0.4 is 5.32 Å². The van der Waals surface area contributed by atoms with Gasteiger partial charge < -0.3 is 4.74 Å². The Kier molecular flexibility index (Phi) is 6.73. The lowest BCUT2D eigenvalue weighted by Crippen LogP contribution is -2.27. The van der Waals surface area contributed by atoms with Gasteiger partial charge in [0.2, 0.25) is 5.13 Å². The number of carbonyl (C=O) groups excluding carboxylic acids is 1. The topological polar surface area (TPSA) is 64.1 Å². The van der Waals surface area contributed by atoms with Crippen molar-refractivity contribution in [2.45, 2.75) is 40.2 Å². The summed E-state index contributed by atoms with van der Waals surface area (Å²) in [5, 5.41) is 11.2. The van der Waals surface area contributed by atoms with E-state index in [1.165, 1.54) is 11.3 Å². The van der Waals surface area contributed by atoms with Crippen LogP contribution in [0.4, 0.5) is 9.93 Å². The predicted molar refractivity (Wildman–Crippen MR) is 94.4 cm³/mol. The van der Waals surface area contributed by atoms with E-state index in [9.17, 15) is 4.79 Å². The Hall–Kier alpha value is -2.39. The number of hydrogen-bond acceptors (Lipinski definition) is 5. The van der Waals surface area contributed by atoms with Gasteiger partial charge in [-0.3, -0.25) is 5.32 Å². The molecule has 6 heteroatoms. The molecule has 1 amide bonds. The van der Waals surface area contributed by atoms with Gasteiger partial charge in [-0.15, -0.1) is 10.2 Å². The highest BCUT2D eigenvalue weighted by Gasteiger charge is 2.17. The van der Waals surface area contributed by atoms with Crippen LogP contribution in [0.3, 0.4) is 0 Å². The minimum atomic E-state index is -0.563. The SMILES string of the molecule is C=C(C)/C=C\C(C#Cc1nnc(NC(=O)OC(C)(C)C)s1)=C/C. The normalized spacial score (nSPS) is 11.8. The Morgan fingerprint density at radius 1 is 1.35 bits per heavy atom. The number of nitrogens with one attached hydrogen (secondary N) is 1. The molecule has 0 saturated heterocycles. The van der Waals surface area contributed by atoms with Crippen molar-refractivity contribution in [3.8, 4) is 11.8 Å². The Labute approximate surface area is 141 Å². The zero-order chi connectivity index (χ0) is 17.5. The molecule has 0 atom stereocenters. The molecule has 0 aliphatic heterocycles. The largest absolute Gasteiger partial charge is 0.444 e. The lowest BCUT2D eigenvalue weighted by molar-refractivity contribution is 0.0636. The van der Waals surface area contributed by atoms with Crippen LogP contribution >= 0.6 is 11.3 Å². The summed E-state index contributed by atoms with van der Waals surface area (Å²) in [6, 6.07) is 0. The second-order valence-electron chi connectivity index (χ2n) is 5.71. The van der Waals surface area contributed by atoms with Gasteiger partial charge in [-0.1, -0.05) is 41.6 Å². The maximum Gasteiger partial charge on any atom is 0.414 e. The average molecular weight is 331 g/mol. The maximum absolute atomic E-state index is 11.6. The first-order valence-corrected chi connectivity index (χ1v) is 7.86. The third-order valence-corrected chi connectivity index (χ3v) is 2.96. The van der Waals surface area contributed by atoms with E-state index in [1.807, 2.05) is 32.1 Å². The maximum atomic E-state index is 11.6. The number of allylic oxidation sites excluding steroid dienone is 5. The molecule has 0 saturated carbocycles. The van der Waals surface area contributed by atoms with Gasteiger partial charge in [0, 0.05) is 5.57 Å². The van der Waals surface area contributed by atoms with Gasteiger partial charge in [0.05, 0.1) is 0 Å². The quantitative estimate of drug-likeness (QED) is 0.662. The lowest BCUT2D eigenvalue weighted by Gasteiger charge is -2.18. The molecule has 23 heavy (non-hydrogen) atoms. The molecule has 0 aliphatic carbocycles. The Morgan fingerprint density at radius 3 is 2.61 bits per heavy atom. The fraction of sp³-hybridized carbons (Fsp3) is 0.353. The molecule has 122 valence electrons. The van der Waals surface area contributed by atoms with E-state index < -0.39 is 11.7 Å². The van der Waals surface area contributed by atoms with E-state index in [1.54, 1.807) is 20.8 Å². The third-order valence-electron chi connectivity index (χ3n) is 2.21. The molecule has 1 rings (SSSR count). The Balaban J connectivity index is 2.73. The third kappa shape index (κ3) is 7.98. The average Bonchev–Trinajstić information content (AvgIpc) is 2.83. The Bertz CT molecular complexity index is 697. The van der Waals surface area contributed by atoms with Gasteiger partial charge in [-0.05, 0) is 46.6 Å². The highest BCUT2D eigenvalue weighted by molar-refractivity contribution is 7.15. The molecule has 0 radical (unpaired) electrons. The number of rotatable bonds is 3. The molecular weight excluding hydrogens is 310 g/mol. The first-order chi connectivity index (χ1) is 10.7. The van der Waals surface area contributed by atoms with Gasteiger partial charge in [-0.2, -0.15) is 0 Å². The van der Waals surface area contributed by atoms with Gasteiger partial charge in [-0.25, -0.2) is 4.79 Å². The molecule has 0 fully saturated rings. The molecule has 0 aliphatic rings. The van der Waals surface area contributed by atoms with E-state index in [0.29, 0.717) is 10.1 Å². The van der Waals surface area contributed by atoms with Crippen LogP contribution in [-0.4, -0.2) is 21.9 Å². The summed E-state index contributed by atoms with van der Waals surface area (Å²) in [5.41, 5.74) is 1.24. The summed E-state index contributed by atoms with van der Waals surface area (Å²) in [5.74, 6) is 5.91. The van der Waals surface area contributed by atoms with Crippen molar-refractivity contribution in [1.29, 1.82) is 0 Å². The van der Waals surface area contributed by atoms with Crippen LogP contribution in [-0.2, 0) is 4.74 Å². The van der Waals surface area contributed by atoms with E-state index in [0.717, 1.165) is 11.1 Å². The molecule has 5 nitrogen and oxygen atoms in total. The molecule has 1 aromatic rings. The van der Waals surface area contributed by atoms with Crippen molar-refractivity contribution in [2.75, 3.05) is 5.32 Å². The predicted octanol–water partition coefficient (Wildman–Crippen LogP) is 4.32. The highest BCUT2D eigenvalue weighted by Crippen LogP contribution is 2.16. The first kappa shape index (κ1) is 18.7. The van der Waals surface area contributed by atoms with E-state index in [2.05, 4.69) is 33.9 Å². The second kappa shape index (κ2) is 8.30. The number of anilines is 1. The molecule has 0 unspecified atom stereocenters. The zero-order valence-corrected chi connectivity index (χ0v) is 14.9. The van der Waals surface area contributed by atoms with Gasteiger partial charge in [0.15, 0.2) is 5.01 Å². The summed E-state index contributed by atoms with van der Waals surface area (Å²) in [4.78, 5) is 11.6. The minimum absolute atomic E-state index is 0.350. The van der Waals surface area contributed by atoms with Crippen LogP contribution in [0.5, 0.6) is 0 Å². The first-order valence-electron chi connectivity index (χ1n) is 7.05. The zero-order valence-electron chi connectivity index (χ0n) is 14.1. The number of amides is 1. The number of nitrogens with zero attached hydrogens (tertiary/aromatic N) is 2. The van der Waals surface area contributed by atoms with E-state index in [-0.39, 0.29) is 0 Å².